The zero-order valence-corrected chi connectivity index (χ0v) is 9.70. The number of rotatable bonds is 3. The summed E-state index contributed by atoms with van der Waals surface area (Å²) in [6, 6.07) is 0. The second-order valence-corrected chi connectivity index (χ2v) is 7.21. The molecule has 1 rings (SSSR count). The lowest BCUT2D eigenvalue weighted by Gasteiger charge is -2.33. The first-order chi connectivity index (χ1) is 5.72. The highest BCUT2D eigenvalue weighted by molar-refractivity contribution is 6.55. The van der Waals surface area contributed by atoms with Gasteiger partial charge >= 0.3 is 0 Å². The number of ether oxygens (including phenoxy) is 1. The molecule has 1 saturated heterocycles. The number of hydrogen-bond donors (Lipinski definition) is 0. The average molecular weight is 185 g/mol. The highest BCUT2D eigenvalue weighted by atomic mass is 27.2. The van der Waals surface area contributed by atoms with E-state index in [9.17, 15) is 0 Å². The van der Waals surface area contributed by atoms with Crippen molar-refractivity contribution in [2.45, 2.75) is 31.0 Å². The lowest BCUT2D eigenvalue weighted by Crippen LogP contribution is -2.45. The Kier molecular flexibility index (Phi) is 4.60. The summed E-state index contributed by atoms with van der Waals surface area (Å²) in [5.41, 5.74) is 0. The van der Waals surface area contributed by atoms with E-state index >= 15 is 0 Å². The Bertz CT molecular complexity index is 130. The third-order valence-corrected chi connectivity index (χ3v) is 3.55. The van der Waals surface area contributed by atoms with Crippen LogP contribution in [0.3, 0.4) is 0 Å². The molecule has 0 spiro atoms. The minimum Gasteiger partial charge on any atom is -0.376 e. The molecule has 1 aliphatic rings. The van der Waals surface area contributed by atoms with Crippen molar-refractivity contribution in [3.63, 3.8) is 0 Å². The smallest absolute Gasteiger partial charge is 0.275 e. The Morgan fingerprint density at radius 1 is 1.50 bits per heavy atom. The molecule has 3 heteroatoms. The van der Waals surface area contributed by atoms with Gasteiger partial charge in [0.25, 0.3) is 14.1 Å². The molecule has 1 heterocycles. The Morgan fingerprint density at radius 3 is 2.83 bits per heavy atom. The van der Waals surface area contributed by atoms with Crippen molar-refractivity contribution in [3.05, 3.63) is 0 Å². The maximum Gasteiger partial charge on any atom is 0.275 e. The molecule has 0 saturated carbocycles. The van der Waals surface area contributed by atoms with E-state index in [1.54, 1.807) is 0 Å². The topological polar surface area (TPSA) is 12.5 Å². The molecular weight excluding hydrogens is 165 g/mol. The summed E-state index contributed by atoms with van der Waals surface area (Å²) in [4.78, 5) is 2.58. The first-order valence-corrected chi connectivity index (χ1v) is 8.19. The van der Waals surface area contributed by atoms with Crippen LogP contribution in [0.4, 0.5) is 0 Å². The van der Waals surface area contributed by atoms with Crippen LogP contribution in [0.25, 0.3) is 0 Å². The van der Waals surface area contributed by atoms with Gasteiger partial charge in [0.05, 0.1) is 12.7 Å². The van der Waals surface area contributed by atoms with E-state index in [2.05, 4.69) is 23.4 Å². The van der Waals surface area contributed by atoms with Gasteiger partial charge in [-0.25, -0.2) is 0 Å². The monoisotopic (exact) mass is 185 g/mol. The maximum absolute atomic E-state index is 5.61. The second-order valence-electron chi connectivity index (χ2n) is 4.05. The first kappa shape index (κ1) is 10.5. The average Bonchev–Trinajstić information content (AvgIpc) is 2.03. The molecule has 0 aliphatic carbocycles. The van der Waals surface area contributed by atoms with Crippen LogP contribution in [0, 0.1) is 0 Å². The van der Waals surface area contributed by atoms with E-state index in [4.69, 9.17) is 4.74 Å². The number of morpholine rings is 1. The second kappa shape index (κ2) is 5.24. The summed E-state index contributed by atoms with van der Waals surface area (Å²) in [5.74, 6) is 4.83. The Hall–Kier alpha value is 0.452. The van der Waals surface area contributed by atoms with Crippen LogP contribution in [-0.4, -0.2) is 50.3 Å². The van der Waals surface area contributed by atoms with Crippen LogP contribution in [0.5, 0.6) is 0 Å². The van der Waals surface area contributed by atoms with E-state index in [0.717, 1.165) is 19.6 Å². The fourth-order valence-corrected chi connectivity index (χ4v) is 3.07. The van der Waals surface area contributed by atoms with Gasteiger partial charge < -0.3 is 9.64 Å². The molecule has 1 fully saturated rings. The fraction of sp³-hybridized carbons (Fsp3) is 1.00. The Morgan fingerprint density at radius 2 is 2.25 bits per heavy atom. The molecule has 0 N–H and O–H groups in total. The van der Waals surface area contributed by atoms with Gasteiger partial charge in [0, 0.05) is 13.1 Å². The van der Waals surface area contributed by atoms with Crippen molar-refractivity contribution in [3.8, 4) is 0 Å². The van der Waals surface area contributed by atoms with Gasteiger partial charge in [0.2, 0.25) is 0 Å². The molecule has 70 valence electrons. The van der Waals surface area contributed by atoms with E-state index in [0.29, 0.717) is 6.10 Å². The van der Waals surface area contributed by atoms with Crippen LogP contribution >= 0.6 is 0 Å². The number of nitrogens with zero attached hydrogens (tertiary/aromatic N) is 1. The maximum atomic E-state index is 5.61. The van der Waals surface area contributed by atoms with Crippen LogP contribution in [0.2, 0.25) is 11.6 Å². The molecule has 0 aromatic heterocycles. The summed E-state index contributed by atoms with van der Waals surface area (Å²) < 4.78 is 5.61. The van der Waals surface area contributed by atoms with Crippen molar-refractivity contribution >= 4 is 14.1 Å². The minimum absolute atomic E-state index is 0.412. The summed E-state index contributed by atoms with van der Waals surface area (Å²) in [6.45, 7) is 5.48. The minimum atomic E-state index is -0.412. The molecule has 0 radical (unpaired) electrons. The summed E-state index contributed by atoms with van der Waals surface area (Å²) in [6.07, 6.45) is 1.67. The first-order valence-electron chi connectivity index (χ1n) is 5.06. The predicted octanol–water partition coefficient (Wildman–Crippen LogP) is 1.39. The van der Waals surface area contributed by atoms with Crippen LogP contribution in [0.1, 0.15) is 13.3 Å². The number of hydrogen-bond acceptors (Lipinski definition) is 2. The largest absolute Gasteiger partial charge is 0.376 e. The quantitative estimate of drug-likeness (QED) is 0.616. The van der Waals surface area contributed by atoms with Crippen molar-refractivity contribution in [2.75, 3.05) is 25.1 Å². The van der Waals surface area contributed by atoms with Gasteiger partial charge in [-0.2, -0.15) is 0 Å². The van der Waals surface area contributed by atoms with Crippen molar-refractivity contribution < 1.29 is 4.74 Å². The molecule has 12 heavy (non-hydrogen) atoms. The lowest BCUT2D eigenvalue weighted by atomic mass is 10.2. The molecule has 0 aromatic rings. The van der Waals surface area contributed by atoms with Gasteiger partial charge in [-0.05, 0) is 11.8 Å². The van der Waals surface area contributed by atoms with Gasteiger partial charge in [-0.1, -0.05) is 6.92 Å². The Labute approximate surface area is 80.3 Å². The highest BCUT2D eigenvalue weighted by Gasteiger charge is 2.20. The molecule has 1 aliphatic heterocycles. The SMILES string of the molecule is CCC1CN([CH2][Al]([CH3])[CH3])CCO1. The molecule has 0 bridgehead atoms. The van der Waals surface area contributed by atoms with Crippen molar-refractivity contribution in [1.82, 2.24) is 4.90 Å². The zero-order chi connectivity index (χ0) is 8.97. The van der Waals surface area contributed by atoms with Gasteiger partial charge in [0.15, 0.2) is 0 Å². The zero-order valence-electron chi connectivity index (χ0n) is 8.55. The summed E-state index contributed by atoms with van der Waals surface area (Å²) in [5, 5.41) is 1.36. The van der Waals surface area contributed by atoms with E-state index in [-0.39, 0.29) is 0 Å². The van der Waals surface area contributed by atoms with E-state index in [1.807, 2.05) is 0 Å². The fourth-order valence-electron chi connectivity index (χ4n) is 1.71. The van der Waals surface area contributed by atoms with Crippen molar-refractivity contribution in [1.29, 1.82) is 0 Å². The van der Waals surface area contributed by atoms with E-state index < -0.39 is 14.1 Å². The molecule has 1 unspecified atom stereocenters. The van der Waals surface area contributed by atoms with Crippen molar-refractivity contribution in [2.24, 2.45) is 0 Å². The van der Waals surface area contributed by atoms with Gasteiger partial charge in [-0.3, -0.25) is 0 Å². The van der Waals surface area contributed by atoms with Crippen LogP contribution < -0.4 is 0 Å². The van der Waals surface area contributed by atoms with E-state index in [1.165, 1.54) is 12.0 Å². The van der Waals surface area contributed by atoms with Crippen LogP contribution in [0.15, 0.2) is 0 Å². The van der Waals surface area contributed by atoms with Crippen LogP contribution in [-0.2, 0) is 4.74 Å². The molecule has 1 atom stereocenters. The normalized spacial score (nSPS) is 25.8. The molecular formula is C9H20AlNO. The third-order valence-electron chi connectivity index (χ3n) is 2.30. The molecule has 0 aromatic carbocycles. The summed E-state index contributed by atoms with van der Waals surface area (Å²) >= 11 is -0.412. The summed E-state index contributed by atoms with van der Waals surface area (Å²) in [7, 11) is 0. The predicted molar refractivity (Wildman–Crippen MR) is 54.0 cm³/mol. The van der Waals surface area contributed by atoms with Gasteiger partial charge in [-0.15, -0.1) is 11.6 Å². The Balaban J connectivity index is 2.25. The molecule has 2 nitrogen and oxygen atoms in total. The van der Waals surface area contributed by atoms with Gasteiger partial charge in [0.1, 0.15) is 0 Å². The lowest BCUT2D eigenvalue weighted by molar-refractivity contribution is -0.0238. The highest BCUT2D eigenvalue weighted by Crippen LogP contribution is 2.07. The standard InChI is InChI=1S/C7H14NO.2CH3.Al/c1-3-7-6-8(2)4-5-9-7;;;/h7H,2-6H2,1H3;2*1H3;. The third kappa shape index (κ3) is 3.45. The molecule has 0 amide bonds.